The van der Waals surface area contributed by atoms with Crippen molar-refractivity contribution in [3.05, 3.63) is 23.9 Å². The van der Waals surface area contributed by atoms with E-state index < -0.39 is 5.97 Å². The Morgan fingerprint density at radius 1 is 1.58 bits per heavy atom. The Balaban J connectivity index is 2.88. The first-order chi connectivity index (χ1) is 5.74. The Hall–Kier alpha value is -1.62. The van der Waals surface area contributed by atoms with Crippen molar-refractivity contribution in [3.63, 3.8) is 0 Å². The van der Waals surface area contributed by atoms with E-state index in [-0.39, 0.29) is 11.6 Å². The summed E-state index contributed by atoms with van der Waals surface area (Å²) in [5.74, 6) is -0.978. The van der Waals surface area contributed by atoms with Gasteiger partial charge in [0.2, 0.25) is 0 Å². The third-order valence-electron chi connectivity index (χ3n) is 1.11. The molecule has 5 nitrogen and oxygen atoms in total. The molecule has 0 bridgehead atoms. The third-order valence-corrected chi connectivity index (χ3v) is 1.11. The normalized spacial score (nSPS) is 9.42. The largest absolute Gasteiger partial charge is 0.477 e. The topological polar surface area (TPSA) is 68.7 Å². The fraction of sp³-hybridized carbons (Fsp3) is 0.143. The molecule has 64 valence electrons. The maximum Gasteiger partial charge on any atom is 0.354 e. The average molecular weight is 169 g/mol. The molecule has 0 unspecified atom stereocenters. The van der Waals surface area contributed by atoms with Crippen LogP contribution in [-0.2, 0) is 4.89 Å². The van der Waals surface area contributed by atoms with Crippen LogP contribution in [0.3, 0.4) is 0 Å². The molecule has 0 aromatic carbocycles. The van der Waals surface area contributed by atoms with E-state index in [1.807, 2.05) is 0 Å². The predicted octanol–water partition coefficient (Wildman–Crippen LogP) is 0.720. The summed E-state index contributed by atoms with van der Waals surface area (Å²) in [6.45, 7) is 0. The Kier molecular flexibility index (Phi) is 2.60. The molecule has 1 heterocycles. The van der Waals surface area contributed by atoms with Crippen LogP contribution in [0.15, 0.2) is 18.2 Å². The van der Waals surface area contributed by atoms with Crippen LogP contribution in [0, 0.1) is 0 Å². The van der Waals surface area contributed by atoms with Gasteiger partial charge in [-0.15, -0.1) is 0 Å². The van der Waals surface area contributed by atoms with E-state index in [4.69, 9.17) is 5.11 Å². The molecule has 0 spiro atoms. The quantitative estimate of drug-likeness (QED) is 0.533. The fourth-order valence-corrected chi connectivity index (χ4v) is 0.666. The lowest BCUT2D eigenvalue weighted by atomic mass is 10.3. The van der Waals surface area contributed by atoms with Crippen molar-refractivity contribution in [1.29, 1.82) is 0 Å². The monoisotopic (exact) mass is 169 g/mol. The standard InChI is InChI=1S/C7H7NO4/c1-11-12-6-4-2-3-5(8-6)7(9)10/h2-4H,1H3,(H,9,10). The van der Waals surface area contributed by atoms with Crippen LogP contribution in [0.25, 0.3) is 0 Å². The lowest BCUT2D eigenvalue weighted by Gasteiger charge is -1.99. The second-order valence-electron chi connectivity index (χ2n) is 1.92. The minimum atomic E-state index is -1.10. The minimum absolute atomic E-state index is 0.0791. The van der Waals surface area contributed by atoms with Crippen LogP contribution >= 0.6 is 0 Å². The molecule has 1 aromatic rings. The number of pyridine rings is 1. The SMILES string of the molecule is COOc1cccc(C(=O)O)n1. The summed E-state index contributed by atoms with van der Waals surface area (Å²) in [6.07, 6.45) is 0. The van der Waals surface area contributed by atoms with Gasteiger partial charge in [-0.2, -0.15) is 4.89 Å². The molecule has 0 aliphatic heterocycles. The number of nitrogens with zero attached hydrogens (tertiary/aromatic N) is 1. The van der Waals surface area contributed by atoms with Gasteiger partial charge in [-0.1, -0.05) is 6.07 Å². The number of carbonyl (C=O) groups is 1. The van der Waals surface area contributed by atoms with Crippen molar-refractivity contribution in [2.45, 2.75) is 0 Å². The van der Waals surface area contributed by atoms with E-state index in [1.54, 1.807) is 0 Å². The molecule has 0 amide bonds. The van der Waals surface area contributed by atoms with Gasteiger partial charge in [0.1, 0.15) is 0 Å². The number of hydrogen-bond acceptors (Lipinski definition) is 4. The van der Waals surface area contributed by atoms with Crippen molar-refractivity contribution in [2.75, 3.05) is 7.11 Å². The van der Waals surface area contributed by atoms with Crippen LogP contribution in [-0.4, -0.2) is 23.2 Å². The molecule has 5 heteroatoms. The van der Waals surface area contributed by atoms with E-state index in [0.717, 1.165) is 0 Å². The molecular formula is C7H7NO4. The maximum atomic E-state index is 10.4. The molecule has 0 saturated carbocycles. The molecule has 1 rings (SSSR count). The number of hydrogen-bond donors (Lipinski definition) is 1. The highest BCUT2D eigenvalue weighted by atomic mass is 17.2. The molecule has 0 fully saturated rings. The maximum absolute atomic E-state index is 10.4. The lowest BCUT2D eigenvalue weighted by molar-refractivity contribution is -0.181. The summed E-state index contributed by atoms with van der Waals surface area (Å²) < 4.78 is 0. The van der Waals surface area contributed by atoms with Crippen molar-refractivity contribution in [1.82, 2.24) is 4.98 Å². The number of carboxylic acids is 1. The highest BCUT2D eigenvalue weighted by molar-refractivity contribution is 5.85. The van der Waals surface area contributed by atoms with Gasteiger partial charge < -0.3 is 9.99 Å². The summed E-state index contributed by atoms with van der Waals surface area (Å²) in [4.78, 5) is 22.8. The second kappa shape index (κ2) is 3.68. The van der Waals surface area contributed by atoms with Gasteiger partial charge in [0.05, 0.1) is 7.11 Å². The van der Waals surface area contributed by atoms with E-state index in [1.165, 1.54) is 25.3 Å². The molecule has 0 saturated heterocycles. The summed E-state index contributed by atoms with van der Waals surface area (Å²) in [5, 5.41) is 8.52. The molecule has 0 radical (unpaired) electrons. The van der Waals surface area contributed by atoms with E-state index in [2.05, 4.69) is 14.8 Å². The first kappa shape index (κ1) is 8.48. The first-order valence-electron chi connectivity index (χ1n) is 3.15. The lowest BCUT2D eigenvalue weighted by Crippen LogP contribution is -2.02. The van der Waals surface area contributed by atoms with E-state index in [0.29, 0.717) is 0 Å². The molecular weight excluding hydrogens is 162 g/mol. The van der Waals surface area contributed by atoms with Crippen LogP contribution in [0.1, 0.15) is 10.5 Å². The van der Waals surface area contributed by atoms with Crippen molar-refractivity contribution in [3.8, 4) is 5.88 Å². The Bertz CT molecular complexity index is 286. The average Bonchev–Trinajstić information content (AvgIpc) is 2.05. The van der Waals surface area contributed by atoms with Gasteiger partial charge in [0.15, 0.2) is 5.69 Å². The van der Waals surface area contributed by atoms with Gasteiger partial charge in [0.25, 0.3) is 5.88 Å². The van der Waals surface area contributed by atoms with Crippen molar-refractivity contribution < 1.29 is 19.7 Å². The smallest absolute Gasteiger partial charge is 0.354 e. The van der Waals surface area contributed by atoms with E-state index >= 15 is 0 Å². The van der Waals surface area contributed by atoms with Crippen molar-refractivity contribution in [2.24, 2.45) is 0 Å². The van der Waals surface area contributed by atoms with Gasteiger partial charge in [-0.25, -0.2) is 9.78 Å². The number of aromatic nitrogens is 1. The number of carboxylic acid groups (broad SMARTS) is 1. The third kappa shape index (κ3) is 1.93. The Labute approximate surface area is 68.5 Å². The highest BCUT2D eigenvalue weighted by Crippen LogP contribution is 2.06. The Morgan fingerprint density at radius 3 is 2.92 bits per heavy atom. The number of aromatic carboxylic acids is 1. The predicted molar refractivity (Wildman–Crippen MR) is 38.8 cm³/mol. The molecule has 1 aromatic heterocycles. The fourth-order valence-electron chi connectivity index (χ4n) is 0.666. The zero-order chi connectivity index (χ0) is 8.97. The summed E-state index contributed by atoms with van der Waals surface area (Å²) in [7, 11) is 1.31. The minimum Gasteiger partial charge on any atom is -0.477 e. The van der Waals surface area contributed by atoms with Crippen LogP contribution < -0.4 is 4.89 Å². The van der Waals surface area contributed by atoms with Crippen molar-refractivity contribution >= 4 is 5.97 Å². The van der Waals surface area contributed by atoms with E-state index in [9.17, 15) is 4.79 Å². The molecule has 0 aliphatic rings. The van der Waals surface area contributed by atoms with Gasteiger partial charge in [0, 0.05) is 6.07 Å². The zero-order valence-corrected chi connectivity index (χ0v) is 6.35. The summed E-state index contributed by atoms with van der Waals surface area (Å²) in [6, 6.07) is 4.38. The first-order valence-corrected chi connectivity index (χ1v) is 3.15. The highest BCUT2D eigenvalue weighted by Gasteiger charge is 2.05. The molecule has 0 aliphatic carbocycles. The van der Waals surface area contributed by atoms with Crippen LogP contribution in [0.5, 0.6) is 5.88 Å². The second-order valence-corrected chi connectivity index (χ2v) is 1.92. The molecule has 1 N–H and O–H groups in total. The zero-order valence-electron chi connectivity index (χ0n) is 6.35. The summed E-state index contributed by atoms with van der Waals surface area (Å²) >= 11 is 0. The van der Waals surface area contributed by atoms with Crippen LogP contribution in [0.4, 0.5) is 0 Å². The van der Waals surface area contributed by atoms with Gasteiger partial charge in [-0.05, 0) is 6.07 Å². The Morgan fingerprint density at radius 2 is 2.33 bits per heavy atom. The molecule has 0 atom stereocenters. The summed E-state index contributed by atoms with van der Waals surface area (Å²) in [5.41, 5.74) is -0.0791. The van der Waals surface area contributed by atoms with Gasteiger partial charge >= 0.3 is 5.97 Å². The van der Waals surface area contributed by atoms with Gasteiger partial charge in [-0.3, -0.25) is 0 Å². The molecule has 12 heavy (non-hydrogen) atoms. The van der Waals surface area contributed by atoms with Crippen LogP contribution in [0.2, 0.25) is 0 Å². The number of rotatable bonds is 3.